The molecule has 1 N–H and O–H groups in total. The van der Waals surface area contributed by atoms with Gasteiger partial charge in [0.25, 0.3) is 0 Å². The third-order valence-electron chi connectivity index (χ3n) is 2.06. The molecule has 90 valence electrons. The van der Waals surface area contributed by atoms with E-state index >= 15 is 0 Å². The van der Waals surface area contributed by atoms with E-state index in [4.69, 9.17) is 11.6 Å². The van der Waals surface area contributed by atoms with E-state index in [2.05, 4.69) is 10.3 Å². The average molecular weight is 287 g/mol. The zero-order chi connectivity index (χ0) is 12.1. The van der Waals surface area contributed by atoms with Crippen LogP contribution < -0.4 is 5.32 Å². The van der Waals surface area contributed by atoms with E-state index in [0.717, 1.165) is 10.6 Å². The summed E-state index contributed by atoms with van der Waals surface area (Å²) < 4.78 is 0. The molecule has 2 heterocycles. The summed E-state index contributed by atoms with van der Waals surface area (Å²) >= 11 is 8.60. The first-order chi connectivity index (χ1) is 8.29. The summed E-state index contributed by atoms with van der Waals surface area (Å²) in [5.74, 6) is 0.476. The molecule has 0 saturated heterocycles. The molecule has 0 unspecified atom stereocenters. The number of alkyl halides is 1. The van der Waals surface area contributed by atoms with Crippen molar-refractivity contribution in [2.75, 3.05) is 11.2 Å². The minimum Gasteiger partial charge on any atom is -0.302 e. The molecule has 6 heteroatoms. The van der Waals surface area contributed by atoms with Gasteiger partial charge in [-0.1, -0.05) is 6.07 Å². The van der Waals surface area contributed by atoms with E-state index < -0.39 is 0 Å². The van der Waals surface area contributed by atoms with Crippen molar-refractivity contribution in [2.24, 2.45) is 0 Å². The van der Waals surface area contributed by atoms with Crippen molar-refractivity contribution in [3.63, 3.8) is 0 Å². The lowest BCUT2D eigenvalue weighted by molar-refractivity contribution is -0.116. The minimum absolute atomic E-state index is 0.0299. The Morgan fingerprint density at radius 2 is 2.35 bits per heavy atom. The summed E-state index contributed by atoms with van der Waals surface area (Å²) in [6.07, 6.45) is 1.13. The molecule has 0 aromatic carbocycles. The third kappa shape index (κ3) is 3.52. The van der Waals surface area contributed by atoms with E-state index in [1.807, 2.05) is 22.9 Å². The predicted octanol–water partition coefficient (Wildman–Crippen LogP) is 3.83. The smallest absolute Gasteiger partial charge is 0.226 e. The topological polar surface area (TPSA) is 42.0 Å². The highest BCUT2D eigenvalue weighted by Crippen LogP contribution is 2.28. The van der Waals surface area contributed by atoms with Crippen molar-refractivity contribution in [1.29, 1.82) is 0 Å². The molecular weight excluding hydrogens is 276 g/mol. The van der Waals surface area contributed by atoms with Crippen molar-refractivity contribution in [3.8, 4) is 10.6 Å². The lowest BCUT2D eigenvalue weighted by Crippen LogP contribution is -2.10. The van der Waals surface area contributed by atoms with Crippen LogP contribution in [-0.4, -0.2) is 16.8 Å². The molecule has 0 radical (unpaired) electrons. The SMILES string of the molecule is O=C(CCCCl)Nc1nc(-c2cccs2)cs1. The lowest BCUT2D eigenvalue weighted by Gasteiger charge is -1.98. The number of nitrogens with one attached hydrogen (secondary N) is 1. The molecule has 0 aliphatic rings. The van der Waals surface area contributed by atoms with E-state index in [9.17, 15) is 4.79 Å². The van der Waals surface area contributed by atoms with Crippen LogP contribution in [0.4, 0.5) is 5.13 Å². The number of hydrogen-bond acceptors (Lipinski definition) is 4. The van der Waals surface area contributed by atoms with Gasteiger partial charge in [0, 0.05) is 17.7 Å². The molecule has 1 amide bonds. The molecule has 2 aromatic heterocycles. The number of anilines is 1. The molecule has 0 atom stereocenters. The zero-order valence-corrected chi connectivity index (χ0v) is 11.4. The summed E-state index contributed by atoms with van der Waals surface area (Å²) in [5, 5.41) is 7.37. The van der Waals surface area contributed by atoms with E-state index in [0.29, 0.717) is 23.9 Å². The summed E-state index contributed by atoms with van der Waals surface area (Å²) in [4.78, 5) is 16.9. The Morgan fingerprint density at radius 3 is 3.06 bits per heavy atom. The van der Waals surface area contributed by atoms with Crippen LogP contribution in [0.2, 0.25) is 0 Å². The molecule has 0 aliphatic carbocycles. The number of thiazole rings is 1. The Labute approximate surface area is 112 Å². The maximum absolute atomic E-state index is 11.5. The molecule has 0 saturated carbocycles. The molecule has 0 fully saturated rings. The number of halogens is 1. The van der Waals surface area contributed by atoms with Gasteiger partial charge >= 0.3 is 0 Å². The molecule has 3 nitrogen and oxygen atoms in total. The molecule has 17 heavy (non-hydrogen) atoms. The lowest BCUT2D eigenvalue weighted by atomic mass is 10.3. The standard InChI is InChI=1S/C11H11ClN2OS2/c12-5-1-4-10(15)14-11-13-8(7-17-11)9-3-2-6-16-9/h2-3,6-7H,1,4-5H2,(H,13,14,15). The van der Waals surface area contributed by atoms with Gasteiger partial charge in [0.2, 0.25) is 5.91 Å². The fraction of sp³-hybridized carbons (Fsp3) is 0.273. The van der Waals surface area contributed by atoms with Gasteiger partial charge in [-0.15, -0.1) is 34.3 Å². The zero-order valence-electron chi connectivity index (χ0n) is 8.98. The maximum atomic E-state index is 11.5. The Bertz CT molecular complexity index is 481. The predicted molar refractivity (Wildman–Crippen MR) is 74.0 cm³/mol. The molecule has 0 spiro atoms. The monoisotopic (exact) mass is 286 g/mol. The van der Waals surface area contributed by atoms with Gasteiger partial charge in [-0.05, 0) is 17.9 Å². The van der Waals surface area contributed by atoms with Crippen LogP contribution in [0.25, 0.3) is 10.6 Å². The molecule has 0 bridgehead atoms. The Balaban J connectivity index is 1.97. The highest BCUT2D eigenvalue weighted by Gasteiger charge is 2.08. The summed E-state index contributed by atoms with van der Waals surface area (Å²) in [5.41, 5.74) is 0.914. The minimum atomic E-state index is -0.0299. The largest absolute Gasteiger partial charge is 0.302 e. The number of rotatable bonds is 5. The summed E-state index contributed by atoms with van der Waals surface area (Å²) in [6, 6.07) is 4.00. The van der Waals surface area contributed by atoms with Gasteiger partial charge in [-0.3, -0.25) is 4.79 Å². The van der Waals surface area contributed by atoms with E-state index in [1.54, 1.807) is 11.3 Å². The highest BCUT2D eigenvalue weighted by molar-refractivity contribution is 7.16. The fourth-order valence-electron chi connectivity index (χ4n) is 1.28. The third-order valence-corrected chi connectivity index (χ3v) is 3.98. The molecule has 2 aromatic rings. The average Bonchev–Trinajstić information content (AvgIpc) is 2.95. The van der Waals surface area contributed by atoms with Crippen LogP contribution in [-0.2, 0) is 4.79 Å². The van der Waals surface area contributed by atoms with Crippen LogP contribution in [0.3, 0.4) is 0 Å². The summed E-state index contributed by atoms with van der Waals surface area (Å²) in [6.45, 7) is 0. The van der Waals surface area contributed by atoms with E-state index in [-0.39, 0.29) is 5.91 Å². The van der Waals surface area contributed by atoms with Gasteiger partial charge in [0.15, 0.2) is 5.13 Å². The van der Waals surface area contributed by atoms with Crippen LogP contribution in [0.5, 0.6) is 0 Å². The van der Waals surface area contributed by atoms with Crippen molar-refractivity contribution in [3.05, 3.63) is 22.9 Å². The van der Waals surface area contributed by atoms with Crippen molar-refractivity contribution in [1.82, 2.24) is 4.98 Å². The number of carbonyl (C=O) groups is 1. The number of hydrogen-bond donors (Lipinski definition) is 1. The molecule has 2 rings (SSSR count). The Morgan fingerprint density at radius 1 is 1.47 bits per heavy atom. The van der Waals surface area contributed by atoms with Gasteiger partial charge in [0.05, 0.1) is 10.6 Å². The first-order valence-electron chi connectivity index (χ1n) is 5.15. The number of carbonyl (C=O) groups excluding carboxylic acids is 1. The van der Waals surface area contributed by atoms with E-state index in [1.165, 1.54) is 11.3 Å². The Hall–Kier alpha value is -0.910. The van der Waals surface area contributed by atoms with Crippen molar-refractivity contribution < 1.29 is 4.79 Å². The first-order valence-corrected chi connectivity index (χ1v) is 7.44. The number of thiophene rings is 1. The van der Waals surface area contributed by atoms with Crippen molar-refractivity contribution >= 4 is 45.3 Å². The van der Waals surface area contributed by atoms with Gasteiger partial charge < -0.3 is 5.32 Å². The van der Waals surface area contributed by atoms with Gasteiger partial charge in [-0.25, -0.2) is 4.98 Å². The van der Waals surface area contributed by atoms with Gasteiger partial charge in [-0.2, -0.15) is 0 Å². The first kappa shape index (κ1) is 12.5. The second-order valence-electron chi connectivity index (χ2n) is 3.36. The molecular formula is C11H11ClN2OS2. The van der Waals surface area contributed by atoms with Crippen LogP contribution in [0.1, 0.15) is 12.8 Å². The molecule has 0 aliphatic heterocycles. The van der Waals surface area contributed by atoms with Crippen LogP contribution in [0, 0.1) is 0 Å². The van der Waals surface area contributed by atoms with Crippen molar-refractivity contribution in [2.45, 2.75) is 12.8 Å². The second-order valence-corrected chi connectivity index (χ2v) is 5.54. The normalized spacial score (nSPS) is 10.4. The fourth-order valence-corrected chi connectivity index (χ4v) is 2.90. The number of aromatic nitrogens is 1. The Kier molecular flexibility index (Phi) is 4.53. The maximum Gasteiger partial charge on any atom is 0.226 e. The number of nitrogens with zero attached hydrogens (tertiary/aromatic N) is 1. The number of amides is 1. The second kappa shape index (κ2) is 6.14. The summed E-state index contributed by atoms with van der Waals surface area (Å²) in [7, 11) is 0. The van der Waals surface area contributed by atoms with Crippen LogP contribution >= 0.6 is 34.3 Å². The quantitative estimate of drug-likeness (QED) is 0.849. The van der Waals surface area contributed by atoms with Gasteiger partial charge in [0.1, 0.15) is 0 Å². The van der Waals surface area contributed by atoms with Crippen LogP contribution in [0.15, 0.2) is 22.9 Å². The highest BCUT2D eigenvalue weighted by atomic mass is 35.5.